The number of furan rings is 1. The van der Waals surface area contributed by atoms with Crippen LogP contribution in [0.25, 0.3) is 0 Å². The third kappa shape index (κ3) is 4.96. The largest absolute Gasteiger partial charge is 0.503 e. The quantitative estimate of drug-likeness (QED) is 0.581. The van der Waals surface area contributed by atoms with E-state index in [1.807, 2.05) is 31.2 Å². The number of aliphatic hydroxyl groups is 1. The normalized spacial score (nSPS) is 19.4. The molecule has 33 heavy (non-hydrogen) atoms. The lowest BCUT2D eigenvalue weighted by Crippen LogP contribution is -2.43. The van der Waals surface area contributed by atoms with E-state index in [9.17, 15) is 14.7 Å². The van der Waals surface area contributed by atoms with Crippen molar-refractivity contribution in [3.63, 3.8) is 0 Å². The van der Waals surface area contributed by atoms with Gasteiger partial charge in [0.15, 0.2) is 11.5 Å². The molecule has 2 aliphatic rings. The lowest BCUT2D eigenvalue weighted by atomic mass is 9.95. The fourth-order valence-electron chi connectivity index (χ4n) is 4.22. The zero-order valence-electron chi connectivity index (χ0n) is 19.1. The molecule has 0 unspecified atom stereocenters. The van der Waals surface area contributed by atoms with Gasteiger partial charge in [0.05, 0.1) is 31.4 Å². The Labute approximate surface area is 193 Å². The van der Waals surface area contributed by atoms with Crippen LogP contribution in [0.2, 0.25) is 0 Å². The minimum Gasteiger partial charge on any atom is -0.503 e. The van der Waals surface area contributed by atoms with Gasteiger partial charge >= 0.3 is 0 Å². The molecule has 176 valence electrons. The molecule has 1 aromatic carbocycles. The van der Waals surface area contributed by atoms with Crippen molar-refractivity contribution in [1.82, 2.24) is 9.80 Å². The van der Waals surface area contributed by atoms with Crippen molar-refractivity contribution >= 4 is 11.7 Å². The van der Waals surface area contributed by atoms with E-state index in [1.165, 1.54) is 0 Å². The molecule has 2 aromatic rings. The second-order valence-electron chi connectivity index (χ2n) is 8.28. The Morgan fingerprint density at radius 3 is 2.67 bits per heavy atom. The number of morpholine rings is 1. The van der Waals surface area contributed by atoms with E-state index in [0.29, 0.717) is 50.0 Å². The zero-order valence-corrected chi connectivity index (χ0v) is 19.1. The Hall–Kier alpha value is -3.10. The molecule has 0 bridgehead atoms. The molecule has 1 amide bonds. The summed E-state index contributed by atoms with van der Waals surface area (Å²) in [6.45, 7) is 8.17. The second-order valence-corrected chi connectivity index (χ2v) is 8.28. The van der Waals surface area contributed by atoms with E-state index in [1.54, 1.807) is 24.0 Å². The number of benzene rings is 1. The van der Waals surface area contributed by atoms with Crippen LogP contribution < -0.4 is 4.74 Å². The van der Waals surface area contributed by atoms with Crippen LogP contribution in [0.5, 0.6) is 5.75 Å². The number of aryl methyl sites for hydroxylation is 1. The molecule has 3 heterocycles. The highest BCUT2D eigenvalue weighted by Crippen LogP contribution is 2.40. The standard InChI is InChI=1S/C25H30N2O6/c1-3-13-32-19-6-4-5-18(16-19)22-21(23(28)20-8-7-17(2)33-20)24(29)25(30)27(22)10-9-26-11-14-31-15-12-26/h4-8,16,22,29H,3,9-15H2,1-2H3/t22-/m1/s1. The lowest BCUT2D eigenvalue weighted by Gasteiger charge is -2.31. The van der Waals surface area contributed by atoms with Crippen LogP contribution in [0.4, 0.5) is 0 Å². The number of Topliss-reactive ketones (excluding diaryl/α,β-unsaturated/α-hetero) is 1. The van der Waals surface area contributed by atoms with Gasteiger partial charge in [-0.1, -0.05) is 19.1 Å². The molecule has 0 radical (unpaired) electrons. The first kappa shape index (κ1) is 23.1. The molecule has 1 saturated heterocycles. The van der Waals surface area contributed by atoms with E-state index in [-0.39, 0.29) is 11.3 Å². The summed E-state index contributed by atoms with van der Waals surface area (Å²) in [5.74, 6) is -0.242. The number of ether oxygens (including phenoxy) is 2. The molecule has 8 nitrogen and oxygen atoms in total. The van der Waals surface area contributed by atoms with Gasteiger partial charge in [-0.25, -0.2) is 0 Å². The second kappa shape index (κ2) is 10.2. The summed E-state index contributed by atoms with van der Waals surface area (Å²) in [5.41, 5.74) is 0.735. The summed E-state index contributed by atoms with van der Waals surface area (Å²) in [7, 11) is 0. The molecule has 4 rings (SSSR count). The molecule has 0 saturated carbocycles. The number of amides is 1. The first-order chi connectivity index (χ1) is 16.0. The Kier molecular flexibility index (Phi) is 7.15. The number of carbonyl (C=O) groups excluding carboxylic acids is 2. The zero-order chi connectivity index (χ0) is 23.4. The number of carbonyl (C=O) groups is 2. The highest BCUT2D eigenvalue weighted by molar-refractivity contribution is 6.15. The average molecular weight is 455 g/mol. The van der Waals surface area contributed by atoms with Gasteiger partial charge in [-0.05, 0) is 43.2 Å². The van der Waals surface area contributed by atoms with Crippen LogP contribution in [0.3, 0.4) is 0 Å². The van der Waals surface area contributed by atoms with Crippen molar-refractivity contribution in [2.45, 2.75) is 26.3 Å². The van der Waals surface area contributed by atoms with E-state index in [0.717, 1.165) is 19.5 Å². The van der Waals surface area contributed by atoms with E-state index >= 15 is 0 Å². The topological polar surface area (TPSA) is 92.5 Å². The summed E-state index contributed by atoms with van der Waals surface area (Å²) < 4.78 is 16.7. The maximum Gasteiger partial charge on any atom is 0.290 e. The van der Waals surface area contributed by atoms with Gasteiger partial charge in [0.1, 0.15) is 11.5 Å². The average Bonchev–Trinajstić information content (AvgIpc) is 3.38. The van der Waals surface area contributed by atoms with Gasteiger partial charge in [-0.3, -0.25) is 14.5 Å². The van der Waals surface area contributed by atoms with Gasteiger partial charge < -0.3 is 23.9 Å². The number of aliphatic hydroxyl groups excluding tert-OH is 1. The summed E-state index contributed by atoms with van der Waals surface area (Å²) in [5, 5.41) is 10.8. The van der Waals surface area contributed by atoms with Gasteiger partial charge in [0.2, 0.25) is 5.78 Å². The highest BCUT2D eigenvalue weighted by atomic mass is 16.5. The minimum atomic E-state index is -0.735. The fourth-order valence-corrected chi connectivity index (χ4v) is 4.22. The predicted octanol–water partition coefficient (Wildman–Crippen LogP) is 3.29. The van der Waals surface area contributed by atoms with Gasteiger partial charge in [0, 0.05) is 26.2 Å². The van der Waals surface area contributed by atoms with Crippen LogP contribution in [-0.2, 0) is 9.53 Å². The summed E-state index contributed by atoms with van der Waals surface area (Å²) in [4.78, 5) is 30.3. The molecule has 2 aliphatic heterocycles. The summed E-state index contributed by atoms with van der Waals surface area (Å²) in [6.07, 6.45) is 0.861. The summed E-state index contributed by atoms with van der Waals surface area (Å²) in [6, 6.07) is 9.87. The van der Waals surface area contributed by atoms with Crippen molar-refractivity contribution in [2.24, 2.45) is 0 Å². The minimum absolute atomic E-state index is 0.0315. The maximum absolute atomic E-state index is 13.4. The molecule has 1 atom stereocenters. The van der Waals surface area contributed by atoms with Gasteiger partial charge in [-0.15, -0.1) is 0 Å². The van der Waals surface area contributed by atoms with Crippen molar-refractivity contribution in [1.29, 1.82) is 0 Å². The Morgan fingerprint density at radius 2 is 1.97 bits per heavy atom. The number of nitrogens with zero attached hydrogens (tertiary/aromatic N) is 2. The molecule has 8 heteroatoms. The van der Waals surface area contributed by atoms with Crippen LogP contribution in [0, 0.1) is 6.92 Å². The van der Waals surface area contributed by atoms with E-state index in [4.69, 9.17) is 13.9 Å². The van der Waals surface area contributed by atoms with Crippen LogP contribution in [0.1, 0.15) is 41.3 Å². The van der Waals surface area contributed by atoms with Gasteiger partial charge in [0.25, 0.3) is 5.91 Å². The third-order valence-electron chi connectivity index (χ3n) is 5.92. The third-order valence-corrected chi connectivity index (χ3v) is 5.92. The smallest absolute Gasteiger partial charge is 0.290 e. The van der Waals surface area contributed by atoms with Crippen LogP contribution in [-0.4, -0.2) is 72.6 Å². The first-order valence-corrected chi connectivity index (χ1v) is 11.4. The van der Waals surface area contributed by atoms with Gasteiger partial charge in [-0.2, -0.15) is 0 Å². The van der Waals surface area contributed by atoms with E-state index in [2.05, 4.69) is 4.90 Å². The molecule has 1 aromatic heterocycles. The molecule has 0 aliphatic carbocycles. The van der Waals surface area contributed by atoms with Crippen LogP contribution >= 0.6 is 0 Å². The van der Waals surface area contributed by atoms with Crippen molar-refractivity contribution in [3.8, 4) is 5.75 Å². The fraction of sp³-hybridized carbons (Fsp3) is 0.440. The monoisotopic (exact) mass is 454 g/mol. The number of ketones is 1. The molecular weight excluding hydrogens is 424 g/mol. The Morgan fingerprint density at radius 1 is 1.18 bits per heavy atom. The molecular formula is C25H30N2O6. The number of hydrogen-bond donors (Lipinski definition) is 1. The molecule has 1 fully saturated rings. The predicted molar refractivity (Wildman–Crippen MR) is 121 cm³/mol. The van der Waals surface area contributed by atoms with E-state index < -0.39 is 23.5 Å². The Bertz CT molecular complexity index is 1040. The van der Waals surface area contributed by atoms with Crippen molar-refractivity contribution < 1.29 is 28.6 Å². The van der Waals surface area contributed by atoms with Crippen molar-refractivity contribution in [3.05, 3.63) is 64.8 Å². The molecule has 0 spiro atoms. The van der Waals surface area contributed by atoms with Crippen LogP contribution in [0.15, 0.2) is 52.1 Å². The Balaban J connectivity index is 1.67. The highest BCUT2D eigenvalue weighted by Gasteiger charge is 2.44. The lowest BCUT2D eigenvalue weighted by molar-refractivity contribution is -0.129. The summed E-state index contributed by atoms with van der Waals surface area (Å²) >= 11 is 0. The maximum atomic E-state index is 13.4. The van der Waals surface area contributed by atoms with Crippen molar-refractivity contribution in [2.75, 3.05) is 46.0 Å². The number of hydrogen-bond acceptors (Lipinski definition) is 7. The SMILES string of the molecule is CCCOc1cccc([C@@H]2C(C(=O)c3ccc(C)o3)=C(O)C(=O)N2CCN2CCOCC2)c1. The number of rotatable bonds is 9. The first-order valence-electron chi connectivity index (χ1n) is 11.4. The molecule has 1 N–H and O–H groups in total.